The molecule has 0 atom stereocenters. The molecule has 154 valence electrons. The van der Waals surface area contributed by atoms with Gasteiger partial charge in [-0.25, -0.2) is 18.9 Å². The molecule has 1 N–H and O–H groups in total. The molecule has 3 aromatic rings. The number of imidazole rings is 1. The monoisotopic (exact) mass is 421 g/mol. The summed E-state index contributed by atoms with van der Waals surface area (Å²) in [5, 5.41) is 4.50. The molecule has 3 heterocycles. The molecule has 4 rings (SSSR count). The van der Waals surface area contributed by atoms with E-state index in [4.69, 9.17) is 4.74 Å². The van der Waals surface area contributed by atoms with Crippen molar-refractivity contribution >= 4 is 27.5 Å². The minimum Gasteiger partial charge on any atom is -0.378 e. The van der Waals surface area contributed by atoms with Crippen molar-refractivity contribution in [2.24, 2.45) is 0 Å². The van der Waals surface area contributed by atoms with Crippen LogP contribution in [0.25, 0.3) is 17.0 Å². The van der Waals surface area contributed by atoms with Gasteiger partial charge in [0.15, 0.2) is 5.82 Å². The zero-order chi connectivity index (χ0) is 20.6. The SMILES string of the molecule is CN(C)S(=O)(=O)Nc1ccc(F)c(-c2cn3nc(N4CCOCC4)cnc3n2)c1. The van der Waals surface area contributed by atoms with Crippen molar-refractivity contribution in [1.29, 1.82) is 0 Å². The van der Waals surface area contributed by atoms with Crippen LogP contribution in [0.4, 0.5) is 15.9 Å². The third-order valence-electron chi connectivity index (χ3n) is 4.48. The Kier molecular flexibility index (Phi) is 5.06. The zero-order valence-corrected chi connectivity index (χ0v) is 16.7. The summed E-state index contributed by atoms with van der Waals surface area (Å²) >= 11 is 0. The van der Waals surface area contributed by atoms with Gasteiger partial charge >= 0.3 is 10.2 Å². The highest BCUT2D eigenvalue weighted by molar-refractivity contribution is 7.90. The lowest BCUT2D eigenvalue weighted by Gasteiger charge is -2.27. The molecule has 12 heteroatoms. The van der Waals surface area contributed by atoms with Crippen molar-refractivity contribution in [1.82, 2.24) is 23.9 Å². The predicted molar refractivity (Wildman–Crippen MR) is 105 cm³/mol. The molecule has 0 bridgehead atoms. The highest BCUT2D eigenvalue weighted by Crippen LogP contribution is 2.26. The molecule has 10 nitrogen and oxygen atoms in total. The number of aromatic nitrogens is 4. The summed E-state index contributed by atoms with van der Waals surface area (Å²) in [7, 11) is -0.909. The first-order valence-corrected chi connectivity index (χ1v) is 10.3. The molecule has 0 spiro atoms. The number of rotatable bonds is 5. The van der Waals surface area contributed by atoms with Crippen molar-refractivity contribution in [2.45, 2.75) is 0 Å². The van der Waals surface area contributed by atoms with Gasteiger partial charge in [0.2, 0.25) is 0 Å². The summed E-state index contributed by atoms with van der Waals surface area (Å²) < 4.78 is 48.7. The Balaban J connectivity index is 1.68. The maximum atomic E-state index is 14.4. The number of nitrogens with one attached hydrogen (secondary N) is 1. The van der Waals surface area contributed by atoms with Gasteiger partial charge < -0.3 is 9.64 Å². The summed E-state index contributed by atoms with van der Waals surface area (Å²) in [6.07, 6.45) is 3.18. The van der Waals surface area contributed by atoms with Gasteiger partial charge in [0.05, 0.1) is 37.0 Å². The molecule has 0 aliphatic carbocycles. The highest BCUT2D eigenvalue weighted by atomic mass is 32.2. The summed E-state index contributed by atoms with van der Waals surface area (Å²) in [6.45, 7) is 2.67. The molecule has 1 aliphatic rings. The van der Waals surface area contributed by atoms with E-state index < -0.39 is 16.0 Å². The normalized spacial score (nSPS) is 15.2. The molecular formula is C17H20FN7O3S. The van der Waals surface area contributed by atoms with E-state index in [1.54, 1.807) is 12.4 Å². The van der Waals surface area contributed by atoms with Gasteiger partial charge in [0.1, 0.15) is 5.82 Å². The molecule has 1 saturated heterocycles. The van der Waals surface area contributed by atoms with E-state index >= 15 is 0 Å². The number of ether oxygens (including phenoxy) is 1. The predicted octanol–water partition coefficient (Wildman–Crippen LogP) is 0.985. The number of morpholine rings is 1. The minimum absolute atomic E-state index is 0.143. The van der Waals surface area contributed by atoms with Crippen LogP contribution in [0.1, 0.15) is 0 Å². The van der Waals surface area contributed by atoms with E-state index in [0.29, 0.717) is 43.6 Å². The van der Waals surface area contributed by atoms with Crippen LogP contribution in [0.2, 0.25) is 0 Å². The third kappa shape index (κ3) is 3.99. The molecule has 0 unspecified atom stereocenters. The second kappa shape index (κ2) is 7.54. The van der Waals surface area contributed by atoms with Crippen LogP contribution in [-0.4, -0.2) is 72.7 Å². The standard InChI is InChI=1S/C17H20FN7O3S/c1-23(2)29(26,27)22-12-3-4-14(18)13(9-12)15-11-25-17(20-15)19-10-16(21-25)24-5-7-28-8-6-24/h3-4,9-11,22H,5-8H2,1-2H3. The van der Waals surface area contributed by atoms with Crippen LogP contribution in [0, 0.1) is 5.82 Å². The molecular weight excluding hydrogens is 401 g/mol. The Morgan fingerprint density at radius 3 is 2.72 bits per heavy atom. The Morgan fingerprint density at radius 2 is 2.00 bits per heavy atom. The summed E-state index contributed by atoms with van der Waals surface area (Å²) in [4.78, 5) is 10.7. The van der Waals surface area contributed by atoms with Crippen molar-refractivity contribution in [3.8, 4) is 11.3 Å². The number of benzene rings is 1. The first-order chi connectivity index (χ1) is 13.8. The maximum absolute atomic E-state index is 14.4. The Labute approximate surface area is 167 Å². The van der Waals surface area contributed by atoms with Crippen molar-refractivity contribution in [2.75, 3.05) is 50.0 Å². The fourth-order valence-electron chi connectivity index (χ4n) is 2.87. The summed E-state index contributed by atoms with van der Waals surface area (Å²) in [5.41, 5.74) is 0.666. The Bertz CT molecular complexity index is 1140. The Hall–Kier alpha value is -2.83. The van der Waals surface area contributed by atoms with E-state index in [0.717, 1.165) is 4.31 Å². The zero-order valence-electron chi connectivity index (χ0n) is 15.9. The van der Waals surface area contributed by atoms with Crippen LogP contribution in [0.3, 0.4) is 0 Å². The lowest BCUT2D eigenvalue weighted by molar-refractivity contribution is 0.122. The average Bonchev–Trinajstić information content (AvgIpc) is 3.13. The minimum atomic E-state index is -3.71. The molecule has 0 radical (unpaired) electrons. The maximum Gasteiger partial charge on any atom is 0.301 e. The van der Waals surface area contributed by atoms with Gasteiger partial charge in [-0.1, -0.05) is 0 Å². The van der Waals surface area contributed by atoms with Crippen LogP contribution >= 0.6 is 0 Å². The van der Waals surface area contributed by atoms with Crippen molar-refractivity contribution < 1.29 is 17.5 Å². The van der Waals surface area contributed by atoms with Gasteiger partial charge in [-0.2, -0.15) is 12.7 Å². The van der Waals surface area contributed by atoms with Gasteiger partial charge in [0, 0.05) is 32.7 Å². The molecule has 2 aromatic heterocycles. The fraction of sp³-hybridized carbons (Fsp3) is 0.353. The first-order valence-electron chi connectivity index (χ1n) is 8.89. The van der Waals surface area contributed by atoms with E-state index in [1.807, 2.05) is 4.90 Å². The lowest BCUT2D eigenvalue weighted by Crippen LogP contribution is -2.37. The van der Waals surface area contributed by atoms with E-state index in [2.05, 4.69) is 19.8 Å². The summed E-state index contributed by atoms with van der Waals surface area (Å²) in [6, 6.07) is 3.93. The van der Waals surface area contributed by atoms with Crippen LogP contribution in [0.5, 0.6) is 0 Å². The van der Waals surface area contributed by atoms with Crippen molar-refractivity contribution in [3.63, 3.8) is 0 Å². The van der Waals surface area contributed by atoms with Crippen LogP contribution in [0.15, 0.2) is 30.6 Å². The van der Waals surface area contributed by atoms with E-state index in [9.17, 15) is 12.8 Å². The van der Waals surface area contributed by atoms with Gasteiger partial charge in [0.25, 0.3) is 5.78 Å². The number of anilines is 2. The molecule has 1 aliphatic heterocycles. The average molecular weight is 421 g/mol. The van der Waals surface area contributed by atoms with Gasteiger partial charge in [-0.3, -0.25) is 4.72 Å². The van der Waals surface area contributed by atoms with E-state index in [1.165, 1.54) is 36.8 Å². The molecule has 1 fully saturated rings. The number of nitrogens with zero attached hydrogens (tertiary/aromatic N) is 6. The Morgan fingerprint density at radius 1 is 1.24 bits per heavy atom. The second-order valence-electron chi connectivity index (χ2n) is 6.67. The van der Waals surface area contributed by atoms with Crippen LogP contribution < -0.4 is 9.62 Å². The molecule has 1 aromatic carbocycles. The lowest BCUT2D eigenvalue weighted by atomic mass is 10.1. The smallest absolute Gasteiger partial charge is 0.301 e. The van der Waals surface area contributed by atoms with Gasteiger partial charge in [-0.05, 0) is 18.2 Å². The van der Waals surface area contributed by atoms with Gasteiger partial charge in [-0.15, -0.1) is 5.10 Å². The highest BCUT2D eigenvalue weighted by Gasteiger charge is 2.18. The molecule has 29 heavy (non-hydrogen) atoms. The molecule has 0 saturated carbocycles. The van der Waals surface area contributed by atoms with E-state index in [-0.39, 0.29) is 11.3 Å². The largest absolute Gasteiger partial charge is 0.378 e. The number of fused-ring (bicyclic) bond motifs is 1. The second-order valence-corrected chi connectivity index (χ2v) is 8.56. The topological polar surface area (TPSA) is 105 Å². The third-order valence-corrected chi connectivity index (χ3v) is 5.94. The van der Waals surface area contributed by atoms with Crippen molar-refractivity contribution in [3.05, 3.63) is 36.4 Å². The van der Waals surface area contributed by atoms with Crippen LogP contribution in [-0.2, 0) is 14.9 Å². The summed E-state index contributed by atoms with van der Waals surface area (Å²) in [5.74, 6) is 0.461. The number of hydrogen-bond acceptors (Lipinski definition) is 7. The number of hydrogen-bond donors (Lipinski definition) is 1. The first kappa shape index (κ1) is 19.5. The fourth-order valence-corrected chi connectivity index (χ4v) is 3.47. The quantitative estimate of drug-likeness (QED) is 0.655. The number of halogens is 1. The molecule has 0 amide bonds.